The highest BCUT2D eigenvalue weighted by Gasteiger charge is 2.17. The van der Waals surface area contributed by atoms with Gasteiger partial charge in [0, 0.05) is 0 Å². The average molecular weight is 131 g/mol. The van der Waals surface area contributed by atoms with Gasteiger partial charge in [-0.25, -0.2) is 0 Å². The van der Waals surface area contributed by atoms with E-state index < -0.39 is 8.32 Å². The van der Waals surface area contributed by atoms with Crippen molar-refractivity contribution in [2.45, 2.75) is 38.9 Å². The summed E-state index contributed by atoms with van der Waals surface area (Å²) in [6.07, 6.45) is 2.29. The van der Waals surface area contributed by atoms with E-state index in [0.717, 1.165) is 12.5 Å². The fraction of sp³-hybridized carbons (Fsp3) is 1.00. The summed E-state index contributed by atoms with van der Waals surface area (Å²) in [5, 5.41) is 0. The van der Waals surface area contributed by atoms with Crippen LogP contribution in [0.15, 0.2) is 0 Å². The van der Waals surface area contributed by atoms with Crippen LogP contribution in [0.25, 0.3) is 0 Å². The van der Waals surface area contributed by atoms with Crippen molar-refractivity contribution in [1.29, 1.82) is 0 Å². The number of unbranched alkanes of at least 4 members (excludes halogenated alkanes) is 1. The van der Waals surface area contributed by atoms with Crippen LogP contribution in [0.3, 0.4) is 0 Å². The maximum absolute atomic E-state index is 11.0. The monoisotopic (exact) mass is 131 g/mol. The Morgan fingerprint density at radius 1 is 1.38 bits per heavy atom. The minimum absolute atomic E-state index is 0.948. The Morgan fingerprint density at radius 3 is 2.00 bits per heavy atom. The average Bonchev–Trinajstić information content (AvgIpc) is 1.59. The quantitative estimate of drug-likeness (QED) is 0.524. The van der Waals surface area contributed by atoms with Gasteiger partial charge in [0.1, 0.15) is 0 Å². The van der Waals surface area contributed by atoms with E-state index in [9.17, 15) is 4.80 Å². The van der Waals surface area contributed by atoms with Crippen LogP contribution in [0.1, 0.15) is 19.8 Å². The first-order chi connectivity index (χ1) is 3.56. The molecule has 0 saturated carbocycles. The molecule has 0 aliphatic rings. The van der Waals surface area contributed by atoms with Gasteiger partial charge in [-0.3, -0.25) is 4.80 Å². The molecule has 0 unspecified atom stereocenters. The number of hydrogen-bond acceptors (Lipinski definition) is 0. The lowest BCUT2D eigenvalue weighted by molar-refractivity contribution is 0.425. The second-order valence-electron chi connectivity index (χ2n) is 2.86. The van der Waals surface area contributed by atoms with E-state index in [4.69, 9.17) is 0 Å². The Labute approximate surface area is 52.9 Å². The first kappa shape index (κ1) is 8.18. The molecule has 1 radical (unpaired) electrons. The second kappa shape index (κ2) is 3.25. The highest BCUT2D eigenvalue weighted by atomic mass is 28.4. The van der Waals surface area contributed by atoms with Gasteiger partial charge in [-0.05, 0) is 19.1 Å². The summed E-state index contributed by atoms with van der Waals surface area (Å²) >= 11 is 0. The molecule has 0 bridgehead atoms. The van der Waals surface area contributed by atoms with Crippen molar-refractivity contribution in [2.24, 2.45) is 0 Å². The zero-order valence-electron chi connectivity index (χ0n) is 6.03. The molecule has 0 N–H and O–H groups in total. The molecule has 0 aromatic heterocycles. The highest BCUT2D eigenvalue weighted by molar-refractivity contribution is 6.69. The Bertz CT molecular complexity index is 56.0. The van der Waals surface area contributed by atoms with E-state index in [0.29, 0.717) is 0 Å². The van der Waals surface area contributed by atoms with Gasteiger partial charge in [0.15, 0.2) is 0 Å². The zero-order valence-corrected chi connectivity index (χ0v) is 7.03. The molecule has 1 nitrogen and oxygen atoms in total. The Morgan fingerprint density at radius 2 is 1.88 bits per heavy atom. The molecule has 0 saturated heterocycles. The van der Waals surface area contributed by atoms with Crippen molar-refractivity contribution in [3.05, 3.63) is 0 Å². The third-order valence-corrected chi connectivity index (χ3v) is 2.69. The van der Waals surface area contributed by atoms with E-state index in [1.165, 1.54) is 6.42 Å². The topological polar surface area (TPSA) is 19.9 Å². The fourth-order valence-electron chi connectivity index (χ4n) is 0.602. The molecule has 0 rings (SSSR count). The minimum Gasteiger partial charge on any atom is -0.298 e. The summed E-state index contributed by atoms with van der Waals surface area (Å²) in [6, 6.07) is 0.948. The van der Waals surface area contributed by atoms with Crippen LogP contribution >= 0.6 is 0 Å². The summed E-state index contributed by atoms with van der Waals surface area (Å²) in [5.74, 6) is 0. The lowest BCUT2D eigenvalue weighted by Crippen LogP contribution is -2.21. The third-order valence-electron chi connectivity index (χ3n) is 1.13. The largest absolute Gasteiger partial charge is 0.298 e. The molecule has 0 spiro atoms. The molecular weight excluding hydrogens is 116 g/mol. The van der Waals surface area contributed by atoms with Gasteiger partial charge in [-0.2, -0.15) is 0 Å². The summed E-state index contributed by atoms with van der Waals surface area (Å²) in [6.45, 7) is 5.88. The van der Waals surface area contributed by atoms with Crippen molar-refractivity contribution < 1.29 is 4.80 Å². The van der Waals surface area contributed by atoms with Crippen molar-refractivity contribution in [1.82, 2.24) is 0 Å². The van der Waals surface area contributed by atoms with Crippen LogP contribution in [0.5, 0.6) is 0 Å². The normalized spacial score (nSPS) is 12.0. The number of rotatable bonds is 3. The smallest absolute Gasteiger partial charge is 0.231 e. The van der Waals surface area contributed by atoms with E-state index in [-0.39, 0.29) is 0 Å². The molecule has 0 heterocycles. The Kier molecular flexibility index (Phi) is 3.32. The summed E-state index contributed by atoms with van der Waals surface area (Å²) in [5.41, 5.74) is 0. The van der Waals surface area contributed by atoms with Crippen LogP contribution in [0.4, 0.5) is 0 Å². The molecule has 0 aromatic carbocycles. The molecule has 0 aromatic rings. The first-order valence-electron chi connectivity index (χ1n) is 3.26. The fourth-order valence-corrected chi connectivity index (χ4v) is 1.81. The molecule has 0 fully saturated rings. The van der Waals surface area contributed by atoms with E-state index in [1.807, 2.05) is 13.1 Å². The molecule has 0 aliphatic heterocycles. The zero-order chi connectivity index (χ0) is 6.62. The highest BCUT2D eigenvalue weighted by Crippen LogP contribution is 2.09. The maximum Gasteiger partial charge on any atom is 0.231 e. The molecular formula is C6H15OSi. The summed E-state index contributed by atoms with van der Waals surface area (Å²) in [7, 11) is -1.93. The molecule has 49 valence electrons. The van der Waals surface area contributed by atoms with Gasteiger partial charge in [0.25, 0.3) is 0 Å². The van der Waals surface area contributed by atoms with Crippen LogP contribution in [0, 0.1) is 0 Å². The van der Waals surface area contributed by atoms with Gasteiger partial charge < -0.3 is 0 Å². The lowest BCUT2D eigenvalue weighted by Gasteiger charge is -2.08. The standard InChI is InChI=1S/C6H15OSi/c1-4-5-6-8(2,3)7/h4-6H2,1-3H3. The third kappa shape index (κ3) is 6.18. The summed E-state index contributed by atoms with van der Waals surface area (Å²) < 4.78 is 0. The van der Waals surface area contributed by atoms with Crippen molar-refractivity contribution in [3.63, 3.8) is 0 Å². The van der Waals surface area contributed by atoms with Crippen molar-refractivity contribution >= 4 is 8.32 Å². The van der Waals surface area contributed by atoms with E-state index in [1.54, 1.807) is 0 Å². The SMILES string of the molecule is CCCC[Si](C)(C)[O]. The van der Waals surface area contributed by atoms with Crippen LogP contribution in [0.2, 0.25) is 19.1 Å². The van der Waals surface area contributed by atoms with Gasteiger partial charge >= 0.3 is 0 Å². The predicted molar refractivity (Wildman–Crippen MR) is 37.9 cm³/mol. The summed E-state index contributed by atoms with van der Waals surface area (Å²) in [4.78, 5) is 11.0. The maximum atomic E-state index is 11.0. The van der Waals surface area contributed by atoms with Crippen LogP contribution < -0.4 is 0 Å². The number of hydrogen-bond donors (Lipinski definition) is 0. The first-order valence-corrected chi connectivity index (χ1v) is 6.38. The predicted octanol–water partition coefficient (Wildman–Crippen LogP) is 2.42. The minimum atomic E-state index is -1.93. The van der Waals surface area contributed by atoms with Crippen LogP contribution in [-0.4, -0.2) is 8.32 Å². The molecule has 0 amide bonds. The van der Waals surface area contributed by atoms with Gasteiger partial charge in [0.2, 0.25) is 8.32 Å². The lowest BCUT2D eigenvalue weighted by atomic mass is 10.4. The van der Waals surface area contributed by atoms with Gasteiger partial charge in [-0.15, -0.1) is 0 Å². The molecule has 2 heteroatoms. The second-order valence-corrected chi connectivity index (χ2v) is 6.88. The Hall–Kier alpha value is 0.177. The van der Waals surface area contributed by atoms with E-state index >= 15 is 0 Å². The van der Waals surface area contributed by atoms with Gasteiger partial charge in [-0.1, -0.05) is 19.8 Å². The van der Waals surface area contributed by atoms with E-state index in [2.05, 4.69) is 6.92 Å². The Balaban J connectivity index is 3.11. The van der Waals surface area contributed by atoms with Crippen molar-refractivity contribution in [2.75, 3.05) is 0 Å². The molecule has 8 heavy (non-hydrogen) atoms. The van der Waals surface area contributed by atoms with Gasteiger partial charge in [0.05, 0.1) is 0 Å². The molecule has 0 atom stereocenters. The van der Waals surface area contributed by atoms with Crippen molar-refractivity contribution in [3.8, 4) is 0 Å². The van der Waals surface area contributed by atoms with Crippen LogP contribution in [-0.2, 0) is 4.80 Å². The molecule has 0 aliphatic carbocycles.